The fourth-order valence-corrected chi connectivity index (χ4v) is 3.13. The molecule has 2 aromatic rings. The molecule has 0 spiro atoms. The zero-order valence-electron chi connectivity index (χ0n) is 17.9. The number of nitrogens with one attached hydrogen (secondary N) is 3. The van der Waals surface area contributed by atoms with E-state index in [1.165, 1.54) is 0 Å². The number of amides is 2. The predicted molar refractivity (Wildman–Crippen MR) is 118 cm³/mol. The minimum absolute atomic E-state index is 0.0474. The second kappa shape index (κ2) is 11.2. The Kier molecular flexibility index (Phi) is 8.68. The highest BCUT2D eigenvalue weighted by molar-refractivity contribution is 5.92. The van der Waals surface area contributed by atoms with Gasteiger partial charge in [0.25, 0.3) is 11.8 Å². The highest BCUT2D eigenvalue weighted by Gasteiger charge is 2.18. The van der Waals surface area contributed by atoms with Gasteiger partial charge in [0, 0.05) is 32.0 Å². The second-order valence-corrected chi connectivity index (χ2v) is 7.55. The van der Waals surface area contributed by atoms with Gasteiger partial charge in [0.15, 0.2) is 13.1 Å². The van der Waals surface area contributed by atoms with E-state index in [0.29, 0.717) is 6.54 Å². The van der Waals surface area contributed by atoms with Crippen LogP contribution in [0.15, 0.2) is 48.5 Å². The van der Waals surface area contributed by atoms with Crippen molar-refractivity contribution in [1.82, 2.24) is 5.32 Å². The first kappa shape index (κ1) is 22.4. The molecule has 0 fully saturated rings. The number of carbonyl (C=O) groups excluding carboxylic acids is 2. The summed E-state index contributed by atoms with van der Waals surface area (Å²) in [5.74, 6) is -0.122. The van der Waals surface area contributed by atoms with Crippen LogP contribution in [0, 0.1) is 6.92 Å². The number of para-hydroxylation sites is 1. The topological polar surface area (TPSA) is 65.9 Å². The molecule has 0 aliphatic rings. The molecule has 2 aromatic carbocycles. The molecule has 0 heterocycles. The molecule has 1 unspecified atom stereocenters. The van der Waals surface area contributed by atoms with Gasteiger partial charge in [-0.1, -0.05) is 37.3 Å². The van der Waals surface area contributed by atoms with E-state index >= 15 is 0 Å². The molecule has 0 aromatic heterocycles. The van der Waals surface area contributed by atoms with Crippen molar-refractivity contribution in [2.45, 2.75) is 26.8 Å². The first-order valence-corrected chi connectivity index (χ1v) is 10.1. The van der Waals surface area contributed by atoms with Gasteiger partial charge in [-0.25, -0.2) is 0 Å². The van der Waals surface area contributed by atoms with Crippen LogP contribution in [0.2, 0.25) is 0 Å². The average molecular weight is 398 g/mol. The Hall–Kier alpha value is -2.86. The maximum Gasteiger partial charge on any atom is 0.279 e. The fourth-order valence-electron chi connectivity index (χ4n) is 3.13. The van der Waals surface area contributed by atoms with Crippen molar-refractivity contribution < 1.29 is 14.5 Å². The standard InChI is InChI=1S/C23H32N4O2/c1-5-14-27(17-23(29)25-21-9-7-6-8-18(21)2)16-22(28)24-15-19-10-12-20(13-11-19)26(3)4/h6-13H,5,14-17H2,1-4H3,(H,24,28)(H,25,29)/p+1. The number of carbonyl (C=O) groups is 2. The first-order chi connectivity index (χ1) is 13.9. The summed E-state index contributed by atoms with van der Waals surface area (Å²) in [5.41, 5.74) is 4.02. The van der Waals surface area contributed by atoms with E-state index in [1.807, 2.05) is 74.4 Å². The Morgan fingerprint density at radius 3 is 2.24 bits per heavy atom. The number of rotatable bonds is 10. The summed E-state index contributed by atoms with van der Waals surface area (Å²) in [7, 11) is 3.99. The number of benzene rings is 2. The van der Waals surface area contributed by atoms with Gasteiger partial charge >= 0.3 is 0 Å². The van der Waals surface area contributed by atoms with Gasteiger partial charge in [-0.15, -0.1) is 0 Å². The van der Waals surface area contributed by atoms with Crippen molar-refractivity contribution in [1.29, 1.82) is 0 Å². The Morgan fingerprint density at radius 1 is 0.966 bits per heavy atom. The van der Waals surface area contributed by atoms with E-state index < -0.39 is 0 Å². The van der Waals surface area contributed by atoms with Crippen LogP contribution >= 0.6 is 0 Å². The van der Waals surface area contributed by atoms with Crippen molar-refractivity contribution in [2.24, 2.45) is 0 Å². The number of hydrogen-bond donors (Lipinski definition) is 3. The third-order valence-electron chi connectivity index (χ3n) is 4.79. The monoisotopic (exact) mass is 397 g/mol. The minimum Gasteiger partial charge on any atom is -0.378 e. The van der Waals surface area contributed by atoms with Crippen LogP contribution in [-0.4, -0.2) is 45.5 Å². The van der Waals surface area contributed by atoms with Gasteiger partial charge in [-0.05, 0) is 42.7 Å². The molecule has 29 heavy (non-hydrogen) atoms. The third kappa shape index (κ3) is 7.58. The molecule has 1 atom stereocenters. The van der Waals surface area contributed by atoms with Crippen LogP contribution in [0.1, 0.15) is 24.5 Å². The van der Waals surface area contributed by atoms with E-state index in [0.717, 1.165) is 40.4 Å². The van der Waals surface area contributed by atoms with Gasteiger partial charge in [0.2, 0.25) is 0 Å². The van der Waals surface area contributed by atoms with Crippen molar-refractivity contribution in [3.05, 3.63) is 59.7 Å². The lowest BCUT2D eigenvalue weighted by Gasteiger charge is -2.18. The van der Waals surface area contributed by atoms with Crippen molar-refractivity contribution in [3.8, 4) is 0 Å². The molecular weight excluding hydrogens is 364 g/mol. The number of hydrogen-bond acceptors (Lipinski definition) is 3. The van der Waals surface area contributed by atoms with Crippen molar-refractivity contribution in [2.75, 3.05) is 43.9 Å². The summed E-state index contributed by atoms with van der Waals surface area (Å²) < 4.78 is 0. The fraction of sp³-hybridized carbons (Fsp3) is 0.391. The summed E-state index contributed by atoms with van der Waals surface area (Å²) in [6.45, 7) is 5.83. The molecule has 0 saturated heterocycles. The lowest BCUT2D eigenvalue weighted by Crippen LogP contribution is -3.14. The molecular formula is C23H33N4O2+. The molecule has 156 valence electrons. The Morgan fingerprint density at radius 2 is 1.62 bits per heavy atom. The van der Waals surface area contributed by atoms with Crippen molar-refractivity contribution >= 4 is 23.2 Å². The van der Waals surface area contributed by atoms with E-state index in [2.05, 4.69) is 17.6 Å². The Balaban J connectivity index is 1.84. The van der Waals surface area contributed by atoms with Crippen LogP contribution in [-0.2, 0) is 16.1 Å². The van der Waals surface area contributed by atoms with Gasteiger partial charge in [0.1, 0.15) is 0 Å². The van der Waals surface area contributed by atoms with E-state index in [4.69, 9.17) is 0 Å². The number of nitrogens with zero attached hydrogens (tertiary/aromatic N) is 1. The van der Waals surface area contributed by atoms with Crippen LogP contribution < -0.4 is 20.4 Å². The van der Waals surface area contributed by atoms with Gasteiger partial charge < -0.3 is 20.4 Å². The molecule has 0 aliphatic carbocycles. The minimum atomic E-state index is -0.0742. The van der Waals surface area contributed by atoms with E-state index in [1.54, 1.807) is 0 Å². The number of anilines is 2. The Labute approximate surface area is 173 Å². The maximum atomic E-state index is 12.4. The van der Waals surface area contributed by atoms with Crippen LogP contribution in [0.3, 0.4) is 0 Å². The summed E-state index contributed by atoms with van der Waals surface area (Å²) in [4.78, 5) is 27.8. The molecule has 6 nitrogen and oxygen atoms in total. The summed E-state index contributed by atoms with van der Waals surface area (Å²) in [6.07, 6.45) is 0.909. The van der Waals surface area contributed by atoms with Crippen LogP contribution in [0.4, 0.5) is 11.4 Å². The lowest BCUT2D eigenvalue weighted by molar-refractivity contribution is -0.883. The molecule has 2 amide bonds. The predicted octanol–water partition coefficient (Wildman–Crippen LogP) is 1.61. The normalized spacial score (nSPS) is 11.6. The van der Waals surface area contributed by atoms with Gasteiger partial charge in [-0.2, -0.15) is 0 Å². The lowest BCUT2D eigenvalue weighted by atomic mass is 10.2. The zero-order chi connectivity index (χ0) is 21.2. The van der Waals surface area contributed by atoms with Crippen LogP contribution in [0.25, 0.3) is 0 Å². The smallest absolute Gasteiger partial charge is 0.279 e. The SMILES string of the molecule is CCC[NH+](CC(=O)NCc1ccc(N(C)C)cc1)CC(=O)Nc1ccccc1C. The maximum absolute atomic E-state index is 12.4. The van der Waals surface area contributed by atoms with Gasteiger partial charge in [-0.3, -0.25) is 9.59 Å². The third-order valence-corrected chi connectivity index (χ3v) is 4.79. The first-order valence-electron chi connectivity index (χ1n) is 10.1. The molecule has 0 saturated carbocycles. The van der Waals surface area contributed by atoms with Gasteiger partial charge in [0.05, 0.1) is 6.54 Å². The van der Waals surface area contributed by atoms with E-state index in [9.17, 15) is 9.59 Å². The van der Waals surface area contributed by atoms with E-state index in [-0.39, 0.29) is 24.9 Å². The highest BCUT2D eigenvalue weighted by atomic mass is 16.2. The molecule has 0 radical (unpaired) electrons. The Bertz CT molecular complexity index is 803. The zero-order valence-corrected chi connectivity index (χ0v) is 17.9. The van der Waals surface area contributed by atoms with Crippen molar-refractivity contribution in [3.63, 3.8) is 0 Å². The molecule has 2 rings (SSSR count). The number of aryl methyl sites for hydroxylation is 1. The number of quaternary nitrogens is 1. The molecule has 6 heteroatoms. The largest absolute Gasteiger partial charge is 0.378 e. The quantitative estimate of drug-likeness (QED) is 0.571. The summed E-state index contributed by atoms with van der Waals surface area (Å²) in [5, 5.41) is 5.91. The average Bonchev–Trinajstić information content (AvgIpc) is 2.68. The molecule has 0 bridgehead atoms. The summed E-state index contributed by atoms with van der Waals surface area (Å²) >= 11 is 0. The van der Waals surface area contributed by atoms with Crippen LogP contribution in [0.5, 0.6) is 0 Å². The molecule has 3 N–H and O–H groups in total. The molecule has 0 aliphatic heterocycles. The summed E-state index contributed by atoms with van der Waals surface area (Å²) in [6, 6.07) is 15.8. The second-order valence-electron chi connectivity index (χ2n) is 7.55. The highest BCUT2D eigenvalue weighted by Crippen LogP contribution is 2.13.